The van der Waals surface area contributed by atoms with Crippen molar-refractivity contribution in [2.75, 3.05) is 13.1 Å². The lowest BCUT2D eigenvalue weighted by Gasteiger charge is -2.21. The van der Waals surface area contributed by atoms with Crippen LogP contribution in [0.4, 0.5) is 0 Å². The third-order valence-corrected chi connectivity index (χ3v) is 4.45. The van der Waals surface area contributed by atoms with Gasteiger partial charge in [-0.15, -0.1) is 0 Å². The molecule has 17 heavy (non-hydrogen) atoms. The largest absolute Gasteiger partial charge is 0.260 e. The van der Waals surface area contributed by atoms with Gasteiger partial charge in [-0.1, -0.05) is 6.92 Å². The Balaban J connectivity index is 3.04. The summed E-state index contributed by atoms with van der Waals surface area (Å²) in [6.07, 6.45) is 1.44. The van der Waals surface area contributed by atoms with Crippen molar-refractivity contribution in [1.29, 1.82) is 5.26 Å². The molecule has 0 fully saturated rings. The Labute approximate surface area is 102 Å². The molecule has 0 aliphatic heterocycles. The fourth-order valence-corrected chi connectivity index (χ4v) is 3.13. The molecule has 0 aromatic carbocycles. The van der Waals surface area contributed by atoms with Crippen LogP contribution in [-0.4, -0.2) is 35.6 Å². The molecule has 1 heterocycles. The minimum atomic E-state index is -3.56. The Morgan fingerprint density at radius 1 is 1.65 bits per heavy atom. The predicted molar refractivity (Wildman–Crippen MR) is 62.4 cm³/mol. The number of nitrogens with zero attached hydrogens (tertiary/aromatic N) is 4. The minimum absolute atomic E-state index is 0.143. The zero-order valence-electron chi connectivity index (χ0n) is 10.2. The van der Waals surface area contributed by atoms with Gasteiger partial charge in [0.15, 0.2) is 5.03 Å². The van der Waals surface area contributed by atoms with Crippen LogP contribution >= 0.6 is 0 Å². The van der Waals surface area contributed by atoms with Crippen molar-refractivity contribution in [3.05, 3.63) is 12.3 Å². The first kappa shape index (κ1) is 13.7. The second-order valence-electron chi connectivity index (χ2n) is 3.78. The van der Waals surface area contributed by atoms with E-state index in [9.17, 15) is 8.42 Å². The first-order valence-electron chi connectivity index (χ1n) is 5.31. The van der Waals surface area contributed by atoms with Gasteiger partial charge in [-0.2, -0.15) is 14.7 Å². The van der Waals surface area contributed by atoms with E-state index >= 15 is 0 Å². The molecule has 0 aliphatic carbocycles. The molecule has 0 bridgehead atoms. The average molecular weight is 256 g/mol. The molecule has 94 valence electrons. The van der Waals surface area contributed by atoms with E-state index in [1.165, 1.54) is 21.3 Å². The maximum Gasteiger partial charge on any atom is 0.260 e. The number of aromatic nitrogens is 2. The van der Waals surface area contributed by atoms with Crippen molar-refractivity contribution in [3.63, 3.8) is 0 Å². The minimum Gasteiger partial charge on any atom is -0.256 e. The molecule has 1 unspecified atom stereocenters. The maximum atomic E-state index is 12.3. The molecule has 0 saturated carbocycles. The lowest BCUT2D eigenvalue weighted by atomic mass is 10.2. The van der Waals surface area contributed by atoms with E-state index in [0.717, 1.165) is 0 Å². The zero-order valence-corrected chi connectivity index (χ0v) is 11.0. The van der Waals surface area contributed by atoms with Gasteiger partial charge in [0.1, 0.15) is 0 Å². The third kappa shape index (κ3) is 2.84. The molecule has 1 aromatic rings. The fraction of sp³-hybridized carbons (Fsp3) is 0.600. The van der Waals surface area contributed by atoms with Gasteiger partial charge >= 0.3 is 0 Å². The Hall–Kier alpha value is -1.39. The van der Waals surface area contributed by atoms with Gasteiger partial charge in [0.2, 0.25) is 0 Å². The quantitative estimate of drug-likeness (QED) is 0.772. The number of nitriles is 1. The monoisotopic (exact) mass is 256 g/mol. The summed E-state index contributed by atoms with van der Waals surface area (Å²) in [5.74, 6) is -0.335. The zero-order chi connectivity index (χ0) is 13.1. The highest BCUT2D eigenvalue weighted by Gasteiger charge is 2.27. The summed E-state index contributed by atoms with van der Waals surface area (Å²) in [7, 11) is -1.98. The van der Waals surface area contributed by atoms with E-state index in [4.69, 9.17) is 5.26 Å². The highest BCUT2D eigenvalue weighted by Crippen LogP contribution is 2.15. The molecular formula is C10H16N4O2S. The van der Waals surface area contributed by atoms with Gasteiger partial charge in [0.25, 0.3) is 10.0 Å². The van der Waals surface area contributed by atoms with Crippen LogP contribution in [0.25, 0.3) is 0 Å². The van der Waals surface area contributed by atoms with Crippen molar-refractivity contribution >= 4 is 10.0 Å². The first-order valence-corrected chi connectivity index (χ1v) is 6.75. The van der Waals surface area contributed by atoms with Crippen molar-refractivity contribution in [2.24, 2.45) is 13.0 Å². The molecule has 0 radical (unpaired) electrons. The average Bonchev–Trinajstić information content (AvgIpc) is 2.72. The lowest BCUT2D eigenvalue weighted by Crippen LogP contribution is -2.35. The van der Waals surface area contributed by atoms with Crippen LogP contribution in [0.3, 0.4) is 0 Å². The van der Waals surface area contributed by atoms with Gasteiger partial charge < -0.3 is 0 Å². The van der Waals surface area contributed by atoms with Crippen LogP contribution in [0.5, 0.6) is 0 Å². The van der Waals surface area contributed by atoms with Crippen molar-refractivity contribution in [3.8, 4) is 6.07 Å². The maximum absolute atomic E-state index is 12.3. The smallest absolute Gasteiger partial charge is 0.256 e. The summed E-state index contributed by atoms with van der Waals surface area (Å²) in [5, 5.41) is 12.7. The highest BCUT2D eigenvalue weighted by molar-refractivity contribution is 7.89. The van der Waals surface area contributed by atoms with Gasteiger partial charge in [0.05, 0.1) is 18.2 Å². The van der Waals surface area contributed by atoms with E-state index in [1.54, 1.807) is 20.9 Å². The van der Waals surface area contributed by atoms with Crippen molar-refractivity contribution in [2.45, 2.75) is 18.9 Å². The highest BCUT2D eigenvalue weighted by atomic mass is 32.2. The molecule has 1 rings (SSSR count). The normalized spacial score (nSPS) is 13.6. The molecule has 0 amide bonds. The van der Waals surface area contributed by atoms with E-state index in [-0.39, 0.29) is 17.5 Å². The number of sulfonamides is 1. The second-order valence-corrected chi connectivity index (χ2v) is 5.66. The van der Waals surface area contributed by atoms with Gasteiger partial charge in [-0.3, -0.25) is 4.68 Å². The molecule has 0 spiro atoms. The van der Waals surface area contributed by atoms with E-state index in [2.05, 4.69) is 5.10 Å². The van der Waals surface area contributed by atoms with E-state index in [0.29, 0.717) is 6.54 Å². The summed E-state index contributed by atoms with van der Waals surface area (Å²) < 4.78 is 27.1. The van der Waals surface area contributed by atoms with E-state index in [1.807, 2.05) is 6.07 Å². The first-order chi connectivity index (χ1) is 7.93. The van der Waals surface area contributed by atoms with Crippen LogP contribution in [-0.2, 0) is 17.1 Å². The Morgan fingerprint density at radius 2 is 2.29 bits per heavy atom. The SMILES string of the molecule is CCN(CC(C)C#N)S(=O)(=O)c1ccnn1C. The summed E-state index contributed by atoms with van der Waals surface area (Å²) in [6, 6.07) is 3.49. The number of aryl methyl sites for hydroxylation is 1. The Morgan fingerprint density at radius 3 is 2.71 bits per heavy atom. The van der Waals surface area contributed by atoms with E-state index < -0.39 is 10.0 Å². The van der Waals surface area contributed by atoms with Gasteiger partial charge in [-0.05, 0) is 13.0 Å². The molecule has 0 aliphatic rings. The van der Waals surface area contributed by atoms with Crippen LogP contribution in [0.1, 0.15) is 13.8 Å². The van der Waals surface area contributed by atoms with Crippen LogP contribution in [0.2, 0.25) is 0 Å². The Bertz CT molecular complexity index is 515. The molecular weight excluding hydrogens is 240 g/mol. The van der Waals surface area contributed by atoms with Crippen LogP contribution in [0, 0.1) is 17.2 Å². The predicted octanol–water partition coefficient (Wildman–Crippen LogP) is 0.590. The molecule has 1 atom stereocenters. The summed E-state index contributed by atoms with van der Waals surface area (Å²) in [6.45, 7) is 3.97. The Kier molecular flexibility index (Phi) is 4.26. The van der Waals surface area contributed by atoms with Gasteiger partial charge in [0, 0.05) is 20.1 Å². The number of hydrogen-bond acceptors (Lipinski definition) is 4. The topological polar surface area (TPSA) is 79.0 Å². The van der Waals surface area contributed by atoms with Gasteiger partial charge in [-0.25, -0.2) is 8.42 Å². The summed E-state index contributed by atoms with van der Waals surface area (Å²) >= 11 is 0. The second kappa shape index (κ2) is 5.29. The molecule has 1 aromatic heterocycles. The summed E-state index contributed by atoms with van der Waals surface area (Å²) in [4.78, 5) is 0. The van der Waals surface area contributed by atoms with Crippen molar-refractivity contribution < 1.29 is 8.42 Å². The lowest BCUT2D eigenvalue weighted by molar-refractivity contribution is 0.395. The molecule has 0 saturated heterocycles. The summed E-state index contributed by atoms with van der Waals surface area (Å²) in [5.41, 5.74) is 0. The standard InChI is InChI=1S/C10H16N4O2S/c1-4-14(8-9(2)7-11)17(15,16)10-5-6-12-13(10)3/h5-6,9H,4,8H2,1-3H3. The van der Waals surface area contributed by atoms with Crippen molar-refractivity contribution in [1.82, 2.24) is 14.1 Å². The fourth-order valence-electron chi connectivity index (χ4n) is 1.49. The number of hydrogen-bond donors (Lipinski definition) is 0. The third-order valence-electron chi connectivity index (χ3n) is 2.43. The van der Waals surface area contributed by atoms with Crippen LogP contribution < -0.4 is 0 Å². The molecule has 7 heteroatoms. The molecule has 0 N–H and O–H groups in total. The number of rotatable bonds is 5. The van der Waals surface area contributed by atoms with Crippen LogP contribution in [0.15, 0.2) is 17.3 Å². The molecule has 6 nitrogen and oxygen atoms in total.